The molecule has 0 N–H and O–H groups in total. The van der Waals surface area contributed by atoms with Crippen LogP contribution in [0.15, 0.2) is 0 Å². The van der Waals surface area contributed by atoms with E-state index < -0.39 is 5.60 Å². The van der Waals surface area contributed by atoms with Crippen LogP contribution in [0.1, 0.15) is 46.0 Å². The summed E-state index contributed by atoms with van der Waals surface area (Å²) in [6.45, 7) is 4.88. The fourth-order valence-corrected chi connectivity index (χ4v) is 2.65. The Morgan fingerprint density at radius 3 is 2.41 bits per heavy atom. The van der Waals surface area contributed by atoms with Gasteiger partial charge in [-0.1, -0.05) is 13.8 Å². The van der Waals surface area contributed by atoms with E-state index in [9.17, 15) is 4.79 Å². The molecule has 1 rings (SSSR count). The predicted molar refractivity (Wildman–Crippen MR) is 68.0 cm³/mol. The molecule has 0 amide bonds. The maximum atomic E-state index is 12.5. The van der Waals surface area contributed by atoms with E-state index in [0.717, 1.165) is 38.0 Å². The third-order valence-corrected chi connectivity index (χ3v) is 4.12. The topological polar surface area (TPSA) is 35.5 Å². The van der Waals surface area contributed by atoms with Gasteiger partial charge < -0.3 is 9.47 Å². The fraction of sp³-hybridized carbons (Fsp3) is 0.929. The SMILES string of the molecule is COCCC(C)C(=O)C1(OC)CCC(C)CC1. The summed E-state index contributed by atoms with van der Waals surface area (Å²) in [5.41, 5.74) is -0.514. The second-order valence-electron chi connectivity index (χ2n) is 5.43. The van der Waals surface area contributed by atoms with Gasteiger partial charge in [-0.05, 0) is 38.0 Å². The number of hydrogen-bond acceptors (Lipinski definition) is 3. The molecule has 3 heteroatoms. The number of ether oxygens (including phenoxy) is 2. The summed E-state index contributed by atoms with van der Waals surface area (Å²) in [5, 5.41) is 0. The molecule has 0 aliphatic heterocycles. The molecule has 1 aliphatic carbocycles. The molecule has 1 fully saturated rings. The van der Waals surface area contributed by atoms with Gasteiger partial charge in [-0.25, -0.2) is 0 Å². The van der Waals surface area contributed by atoms with Crippen molar-refractivity contribution in [3.63, 3.8) is 0 Å². The Bertz CT molecular complexity index is 242. The summed E-state index contributed by atoms with van der Waals surface area (Å²) in [6.07, 6.45) is 4.73. The zero-order valence-electron chi connectivity index (χ0n) is 11.6. The standard InChI is InChI=1S/C14H26O3/c1-11-5-8-14(17-4,9-6-11)13(15)12(2)7-10-16-3/h11-12H,5-10H2,1-4H3. The van der Waals surface area contributed by atoms with Crippen molar-refractivity contribution in [2.75, 3.05) is 20.8 Å². The van der Waals surface area contributed by atoms with Gasteiger partial charge in [0.25, 0.3) is 0 Å². The normalized spacial score (nSPS) is 31.2. The molecule has 1 unspecified atom stereocenters. The Labute approximate surface area is 105 Å². The van der Waals surface area contributed by atoms with Gasteiger partial charge in [0.2, 0.25) is 0 Å². The van der Waals surface area contributed by atoms with Crippen molar-refractivity contribution in [1.82, 2.24) is 0 Å². The second kappa shape index (κ2) is 6.50. The minimum Gasteiger partial charge on any atom is -0.385 e. The Hall–Kier alpha value is -0.410. The molecule has 0 bridgehead atoms. The summed E-state index contributed by atoms with van der Waals surface area (Å²) in [7, 11) is 3.35. The first kappa shape index (κ1) is 14.7. The van der Waals surface area contributed by atoms with Gasteiger partial charge in [-0.3, -0.25) is 4.79 Å². The smallest absolute Gasteiger partial charge is 0.167 e. The van der Waals surface area contributed by atoms with Crippen LogP contribution in [-0.2, 0) is 14.3 Å². The maximum absolute atomic E-state index is 12.5. The van der Waals surface area contributed by atoms with Crippen LogP contribution in [0.2, 0.25) is 0 Å². The number of methoxy groups -OCH3 is 2. The van der Waals surface area contributed by atoms with Gasteiger partial charge in [0.05, 0.1) is 0 Å². The second-order valence-corrected chi connectivity index (χ2v) is 5.43. The molecule has 0 spiro atoms. The third-order valence-electron chi connectivity index (χ3n) is 4.12. The minimum absolute atomic E-state index is 0.0308. The molecular formula is C14H26O3. The van der Waals surface area contributed by atoms with Crippen LogP contribution in [0.4, 0.5) is 0 Å². The molecule has 0 aromatic carbocycles. The molecular weight excluding hydrogens is 216 g/mol. The fourth-order valence-electron chi connectivity index (χ4n) is 2.65. The van der Waals surface area contributed by atoms with Crippen LogP contribution < -0.4 is 0 Å². The lowest BCUT2D eigenvalue weighted by Crippen LogP contribution is -2.46. The highest BCUT2D eigenvalue weighted by atomic mass is 16.5. The number of ketones is 1. The minimum atomic E-state index is -0.514. The lowest BCUT2D eigenvalue weighted by molar-refractivity contribution is -0.150. The highest BCUT2D eigenvalue weighted by molar-refractivity contribution is 5.89. The van der Waals surface area contributed by atoms with Crippen LogP contribution in [0, 0.1) is 11.8 Å². The molecule has 0 heterocycles. The van der Waals surface area contributed by atoms with E-state index in [1.54, 1.807) is 14.2 Å². The van der Waals surface area contributed by atoms with E-state index >= 15 is 0 Å². The average Bonchev–Trinajstić information content (AvgIpc) is 2.36. The molecule has 0 saturated heterocycles. The average molecular weight is 242 g/mol. The highest BCUT2D eigenvalue weighted by Gasteiger charge is 2.42. The zero-order chi connectivity index (χ0) is 12.9. The summed E-state index contributed by atoms with van der Waals surface area (Å²) < 4.78 is 10.6. The van der Waals surface area contributed by atoms with Gasteiger partial charge in [0.1, 0.15) is 5.60 Å². The van der Waals surface area contributed by atoms with Gasteiger partial charge >= 0.3 is 0 Å². The lowest BCUT2D eigenvalue weighted by Gasteiger charge is -2.38. The van der Waals surface area contributed by atoms with E-state index in [0.29, 0.717) is 6.61 Å². The van der Waals surface area contributed by atoms with Crippen molar-refractivity contribution in [2.45, 2.75) is 51.6 Å². The van der Waals surface area contributed by atoms with Crippen molar-refractivity contribution in [3.05, 3.63) is 0 Å². The number of carbonyl (C=O) groups is 1. The van der Waals surface area contributed by atoms with Crippen molar-refractivity contribution in [2.24, 2.45) is 11.8 Å². The Morgan fingerprint density at radius 2 is 1.94 bits per heavy atom. The molecule has 3 nitrogen and oxygen atoms in total. The predicted octanol–water partition coefficient (Wildman–Crippen LogP) is 2.82. The number of hydrogen-bond donors (Lipinski definition) is 0. The van der Waals surface area contributed by atoms with Crippen molar-refractivity contribution >= 4 is 5.78 Å². The number of rotatable bonds is 6. The first-order chi connectivity index (χ1) is 8.05. The molecule has 1 saturated carbocycles. The Kier molecular flexibility index (Phi) is 5.60. The summed E-state index contributed by atoms with van der Waals surface area (Å²) >= 11 is 0. The largest absolute Gasteiger partial charge is 0.385 e. The van der Waals surface area contributed by atoms with E-state index in [2.05, 4.69) is 6.92 Å². The Morgan fingerprint density at radius 1 is 1.35 bits per heavy atom. The highest BCUT2D eigenvalue weighted by Crippen LogP contribution is 2.37. The first-order valence-electron chi connectivity index (χ1n) is 6.64. The molecule has 17 heavy (non-hydrogen) atoms. The molecule has 1 aliphatic rings. The molecule has 0 radical (unpaired) electrons. The van der Waals surface area contributed by atoms with Crippen molar-refractivity contribution in [1.29, 1.82) is 0 Å². The number of carbonyl (C=O) groups excluding carboxylic acids is 1. The maximum Gasteiger partial charge on any atom is 0.167 e. The monoisotopic (exact) mass is 242 g/mol. The van der Waals surface area contributed by atoms with Crippen molar-refractivity contribution < 1.29 is 14.3 Å². The zero-order valence-corrected chi connectivity index (χ0v) is 11.6. The summed E-state index contributed by atoms with van der Waals surface area (Å²) in [6, 6.07) is 0. The van der Waals surface area contributed by atoms with Crippen LogP contribution in [0.3, 0.4) is 0 Å². The van der Waals surface area contributed by atoms with Gasteiger partial charge in [-0.2, -0.15) is 0 Å². The van der Waals surface area contributed by atoms with Gasteiger partial charge in [0, 0.05) is 26.7 Å². The van der Waals surface area contributed by atoms with Crippen molar-refractivity contribution in [3.8, 4) is 0 Å². The lowest BCUT2D eigenvalue weighted by atomic mass is 9.74. The summed E-state index contributed by atoms with van der Waals surface area (Å²) in [4.78, 5) is 12.5. The third kappa shape index (κ3) is 3.52. The first-order valence-corrected chi connectivity index (χ1v) is 6.64. The van der Waals surface area contributed by atoms with Crippen LogP contribution in [0.5, 0.6) is 0 Å². The van der Waals surface area contributed by atoms with E-state index in [1.807, 2.05) is 6.92 Å². The summed E-state index contributed by atoms with van der Waals surface area (Å²) in [5.74, 6) is 1.02. The van der Waals surface area contributed by atoms with Crippen LogP contribution in [0.25, 0.3) is 0 Å². The van der Waals surface area contributed by atoms with E-state index in [1.165, 1.54) is 0 Å². The van der Waals surface area contributed by atoms with Gasteiger partial charge in [0.15, 0.2) is 5.78 Å². The van der Waals surface area contributed by atoms with Crippen LogP contribution in [-0.4, -0.2) is 32.2 Å². The Balaban J connectivity index is 2.62. The molecule has 100 valence electrons. The van der Waals surface area contributed by atoms with Gasteiger partial charge in [-0.15, -0.1) is 0 Å². The number of Topliss-reactive ketones (excluding diaryl/α,β-unsaturated/α-hetero) is 1. The van der Waals surface area contributed by atoms with Crippen LogP contribution >= 0.6 is 0 Å². The van der Waals surface area contributed by atoms with E-state index in [-0.39, 0.29) is 11.7 Å². The molecule has 1 atom stereocenters. The molecule has 0 aromatic rings. The molecule has 0 aromatic heterocycles. The quantitative estimate of drug-likeness (QED) is 0.718. The van der Waals surface area contributed by atoms with E-state index in [4.69, 9.17) is 9.47 Å².